The third-order valence-corrected chi connectivity index (χ3v) is 4.98. The highest BCUT2D eigenvalue weighted by Crippen LogP contribution is 2.36. The lowest BCUT2D eigenvalue weighted by Gasteiger charge is -2.25. The van der Waals surface area contributed by atoms with Crippen molar-refractivity contribution < 1.29 is 9.63 Å². The van der Waals surface area contributed by atoms with Gasteiger partial charge in [-0.15, -0.1) is 0 Å². The molecule has 0 saturated heterocycles. The zero-order valence-corrected chi connectivity index (χ0v) is 13.7. The smallest absolute Gasteiger partial charge is 0.272 e. The molecule has 1 heterocycles. The van der Waals surface area contributed by atoms with Crippen molar-refractivity contribution in [3.63, 3.8) is 0 Å². The second-order valence-corrected chi connectivity index (χ2v) is 6.42. The van der Waals surface area contributed by atoms with Crippen molar-refractivity contribution >= 4 is 11.6 Å². The first-order chi connectivity index (χ1) is 11.7. The third kappa shape index (κ3) is 2.58. The summed E-state index contributed by atoms with van der Waals surface area (Å²) in [5, 5.41) is 4.07. The van der Waals surface area contributed by atoms with Gasteiger partial charge in [0.1, 0.15) is 5.71 Å². The summed E-state index contributed by atoms with van der Waals surface area (Å²) in [5.41, 5.74) is 4.16. The Hall–Kier alpha value is -2.62. The molecular weight excluding hydrogens is 300 g/mol. The molecule has 4 rings (SSSR count). The van der Waals surface area contributed by atoms with Gasteiger partial charge in [0.2, 0.25) is 0 Å². The standard InChI is InChI=1S/C20H20N2O2/c1-22(18-12-11-14-7-5-6-10-16(14)18)20(23)17-13-19(24-21-17)15-8-3-2-4-9-15/h2-10,18-19H,11-13H2,1H3/t18-,19+/m0/s1. The quantitative estimate of drug-likeness (QED) is 0.866. The van der Waals surface area contributed by atoms with Gasteiger partial charge >= 0.3 is 0 Å². The minimum absolute atomic E-state index is 0.0323. The molecule has 0 radical (unpaired) electrons. The van der Waals surface area contributed by atoms with E-state index >= 15 is 0 Å². The first-order valence-corrected chi connectivity index (χ1v) is 8.36. The lowest BCUT2D eigenvalue weighted by molar-refractivity contribution is -0.125. The predicted octanol–water partition coefficient (Wildman–Crippen LogP) is 3.65. The third-order valence-electron chi connectivity index (χ3n) is 4.98. The summed E-state index contributed by atoms with van der Waals surface area (Å²) in [6.07, 6.45) is 2.36. The van der Waals surface area contributed by atoms with Crippen LogP contribution in [0.3, 0.4) is 0 Å². The fourth-order valence-electron chi connectivity index (χ4n) is 3.63. The zero-order valence-electron chi connectivity index (χ0n) is 13.7. The predicted molar refractivity (Wildman–Crippen MR) is 92.6 cm³/mol. The van der Waals surface area contributed by atoms with Gasteiger partial charge in [0.25, 0.3) is 5.91 Å². The molecule has 2 atom stereocenters. The van der Waals surface area contributed by atoms with Crippen molar-refractivity contribution in [2.75, 3.05) is 7.05 Å². The lowest BCUT2D eigenvalue weighted by Crippen LogP contribution is -2.35. The van der Waals surface area contributed by atoms with E-state index in [2.05, 4.69) is 23.4 Å². The normalized spacial score (nSPS) is 21.8. The number of carbonyl (C=O) groups is 1. The Morgan fingerprint density at radius 2 is 1.88 bits per heavy atom. The molecule has 2 aromatic carbocycles. The van der Waals surface area contributed by atoms with Gasteiger partial charge in [-0.1, -0.05) is 59.8 Å². The van der Waals surface area contributed by atoms with E-state index in [9.17, 15) is 4.79 Å². The van der Waals surface area contributed by atoms with Gasteiger partial charge in [-0.2, -0.15) is 0 Å². The Kier molecular flexibility index (Phi) is 3.81. The first-order valence-electron chi connectivity index (χ1n) is 8.36. The summed E-state index contributed by atoms with van der Waals surface area (Å²) in [4.78, 5) is 20.2. The molecule has 0 N–H and O–H groups in total. The van der Waals surface area contributed by atoms with Crippen LogP contribution in [0.25, 0.3) is 0 Å². The number of rotatable bonds is 3. The van der Waals surface area contributed by atoms with Crippen LogP contribution in [0.2, 0.25) is 0 Å². The topological polar surface area (TPSA) is 41.9 Å². The van der Waals surface area contributed by atoms with Crippen LogP contribution in [0.4, 0.5) is 0 Å². The Morgan fingerprint density at radius 1 is 1.12 bits per heavy atom. The van der Waals surface area contributed by atoms with Crippen molar-refractivity contribution in [2.45, 2.75) is 31.4 Å². The van der Waals surface area contributed by atoms with Gasteiger partial charge in [-0.3, -0.25) is 4.79 Å². The molecule has 2 aliphatic rings. The number of fused-ring (bicyclic) bond motifs is 1. The average Bonchev–Trinajstić information content (AvgIpc) is 3.28. The van der Waals surface area contributed by atoms with Gasteiger partial charge in [0, 0.05) is 13.5 Å². The molecule has 122 valence electrons. The van der Waals surface area contributed by atoms with Crippen LogP contribution in [0, 0.1) is 0 Å². The summed E-state index contributed by atoms with van der Waals surface area (Å²) in [7, 11) is 1.87. The summed E-state index contributed by atoms with van der Waals surface area (Å²) >= 11 is 0. The van der Waals surface area contributed by atoms with Crippen LogP contribution in [0.1, 0.15) is 41.7 Å². The van der Waals surface area contributed by atoms with Crippen LogP contribution in [0.5, 0.6) is 0 Å². The molecule has 0 unspecified atom stereocenters. The van der Waals surface area contributed by atoms with Crippen LogP contribution in [-0.4, -0.2) is 23.6 Å². The second-order valence-electron chi connectivity index (χ2n) is 6.42. The first kappa shape index (κ1) is 14.9. The maximum atomic E-state index is 12.8. The number of amides is 1. The molecule has 4 heteroatoms. The number of aryl methyl sites for hydroxylation is 1. The minimum atomic E-state index is -0.158. The van der Waals surface area contributed by atoms with Crippen molar-refractivity contribution in [2.24, 2.45) is 5.16 Å². The molecule has 1 amide bonds. The number of hydrogen-bond donors (Lipinski definition) is 0. The van der Waals surface area contributed by atoms with Gasteiger partial charge in [0.15, 0.2) is 6.10 Å². The Balaban J connectivity index is 1.47. The highest BCUT2D eigenvalue weighted by Gasteiger charge is 2.34. The largest absolute Gasteiger partial charge is 0.387 e. The zero-order chi connectivity index (χ0) is 16.5. The Labute approximate surface area is 141 Å². The molecule has 0 saturated carbocycles. The number of benzene rings is 2. The van der Waals surface area contributed by atoms with Crippen LogP contribution >= 0.6 is 0 Å². The van der Waals surface area contributed by atoms with Crippen molar-refractivity contribution in [1.82, 2.24) is 4.90 Å². The number of hydrogen-bond acceptors (Lipinski definition) is 3. The molecule has 1 aliphatic carbocycles. The molecule has 0 spiro atoms. The van der Waals surface area contributed by atoms with Crippen molar-refractivity contribution in [1.29, 1.82) is 0 Å². The van der Waals surface area contributed by atoms with Crippen LogP contribution in [0.15, 0.2) is 59.8 Å². The van der Waals surface area contributed by atoms with Crippen molar-refractivity contribution in [3.05, 3.63) is 71.3 Å². The molecule has 0 bridgehead atoms. The number of nitrogens with zero attached hydrogens (tertiary/aromatic N) is 2. The molecule has 4 nitrogen and oxygen atoms in total. The van der Waals surface area contributed by atoms with E-state index < -0.39 is 0 Å². The van der Waals surface area contributed by atoms with E-state index in [0.29, 0.717) is 12.1 Å². The minimum Gasteiger partial charge on any atom is -0.387 e. The molecule has 2 aromatic rings. The summed E-state index contributed by atoms with van der Waals surface area (Å²) in [6.45, 7) is 0. The van der Waals surface area contributed by atoms with Gasteiger partial charge in [-0.25, -0.2) is 0 Å². The highest BCUT2D eigenvalue weighted by atomic mass is 16.6. The second kappa shape index (κ2) is 6.11. The highest BCUT2D eigenvalue weighted by molar-refractivity contribution is 6.39. The summed E-state index contributed by atoms with van der Waals surface area (Å²) in [6, 6.07) is 18.4. The maximum Gasteiger partial charge on any atom is 0.272 e. The van der Waals surface area contributed by atoms with E-state index in [1.54, 1.807) is 0 Å². The fraction of sp³-hybridized carbons (Fsp3) is 0.300. The maximum absolute atomic E-state index is 12.8. The lowest BCUT2D eigenvalue weighted by atomic mass is 10.0. The number of carbonyl (C=O) groups excluding carboxylic acids is 1. The Bertz CT molecular complexity index is 785. The summed E-state index contributed by atoms with van der Waals surface area (Å²) < 4.78 is 0. The van der Waals surface area contributed by atoms with E-state index in [1.807, 2.05) is 48.3 Å². The van der Waals surface area contributed by atoms with Gasteiger partial charge in [0.05, 0.1) is 6.04 Å². The average molecular weight is 320 g/mol. The SMILES string of the molecule is CN(C(=O)C1=NO[C@@H](c2ccccc2)C1)[C@H]1CCc2ccccc21. The monoisotopic (exact) mass is 320 g/mol. The number of oxime groups is 1. The molecular formula is C20H20N2O2. The van der Waals surface area contributed by atoms with Gasteiger partial charge in [-0.05, 0) is 29.5 Å². The van der Waals surface area contributed by atoms with E-state index in [-0.39, 0.29) is 18.1 Å². The van der Waals surface area contributed by atoms with Crippen LogP contribution < -0.4 is 0 Å². The van der Waals surface area contributed by atoms with Crippen LogP contribution in [-0.2, 0) is 16.1 Å². The van der Waals surface area contributed by atoms with Gasteiger partial charge < -0.3 is 9.74 Å². The van der Waals surface area contributed by atoms with Crippen molar-refractivity contribution in [3.8, 4) is 0 Å². The molecule has 0 fully saturated rings. The fourth-order valence-corrected chi connectivity index (χ4v) is 3.63. The van der Waals surface area contributed by atoms with E-state index in [1.165, 1.54) is 11.1 Å². The molecule has 24 heavy (non-hydrogen) atoms. The van der Waals surface area contributed by atoms with E-state index in [0.717, 1.165) is 18.4 Å². The molecule has 1 aliphatic heterocycles. The van der Waals surface area contributed by atoms with E-state index in [4.69, 9.17) is 4.84 Å². The summed E-state index contributed by atoms with van der Waals surface area (Å²) in [5.74, 6) is -0.0323. The molecule has 0 aromatic heterocycles. The Morgan fingerprint density at radius 3 is 2.71 bits per heavy atom.